The van der Waals surface area contributed by atoms with Gasteiger partial charge in [-0.05, 0) is 53.6 Å². The summed E-state index contributed by atoms with van der Waals surface area (Å²) in [4.78, 5) is 4.55. The molecular weight excluding hydrogens is 430 g/mol. The molecule has 1 heterocycles. The van der Waals surface area contributed by atoms with E-state index in [0.29, 0.717) is 10.6 Å². The highest BCUT2D eigenvalue weighted by Gasteiger charge is 2.29. The molecule has 1 unspecified atom stereocenters. The molecule has 4 aromatic carbocycles. The smallest absolute Gasteiger partial charge is 0.124 e. The number of aromatic hydroxyl groups is 1. The summed E-state index contributed by atoms with van der Waals surface area (Å²) in [7, 11) is 0. The molecule has 0 saturated heterocycles. The van der Waals surface area contributed by atoms with E-state index in [-0.39, 0.29) is 11.8 Å². The summed E-state index contributed by atoms with van der Waals surface area (Å²) in [5, 5.41) is 17.7. The van der Waals surface area contributed by atoms with Gasteiger partial charge in [0.2, 0.25) is 0 Å². The fourth-order valence-electron chi connectivity index (χ4n) is 3.98. The maximum absolute atomic E-state index is 10.0. The maximum Gasteiger partial charge on any atom is 0.124 e. The second-order valence-electron chi connectivity index (χ2n) is 7.87. The number of benzene rings is 4. The number of nitrogens with zero attached hydrogens (tertiary/aromatic N) is 3. The van der Waals surface area contributed by atoms with Crippen molar-refractivity contribution in [1.82, 2.24) is 0 Å². The first-order chi connectivity index (χ1) is 16.2. The number of halogens is 1. The molecule has 1 atom stereocenters. The molecule has 0 aliphatic carbocycles. The lowest BCUT2D eigenvalue weighted by Gasteiger charge is -2.23. The normalized spacial score (nSPS) is 15.7. The number of hydrogen-bond acceptors (Lipinski definition) is 4. The van der Waals surface area contributed by atoms with Gasteiger partial charge in [0, 0.05) is 23.2 Å². The predicted molar refractivity (Wildman–Crippen MR) is 136 cm³/mol. The van der Waals surface area contributed by atoms with Crippen LogP contribution in [0.5, 0.6) is 5.75 Å². The molecule has 1 aliphatic rings. The van der Waals surface area contributed by atoms with Gasteiger partial charge in [0.25, 0.3) is 0 Å². The highest BCUT2D eigenvalue weighted by molar-refractivity contribution is 6.30. The highest BCUT2D eigenvalue weighted by Crippen LogP contribution is 2.36. The van der Waals surface area contributed by atoms with Crippen LogP contribution in [0.15, 0.2) is 113 Å². The molecular formula is C28H22ClN3O. The minimum Gasteiger partial charge on any atom is -0.507 e. The van der Waals surface area contributed by atoms with Gasteiger partial charge in [0.15, 0.2) is 0 Å². The fourth-order valence-corrected chi connectivity index (χ4v) is 4.16. The van der Waals surface area contributed by atoms with Crippen LogP contribution >= 0.6 is 11.6 Å². The summed E-state index contributed by atoms with van der Waals surface area (Å²) in [5.41, 5.74) is 5.68. The Morgan fingerprint density at radius 2 is 1.64 bits per heavy atom. The van der Waals surface area contributed by atoms with Gasteiger partial charge in [-0.2, -0.15) is 5.10 Å². The van der Waals surface area contributed by atoms with E-state index in [0.717, 1.165) is 29.1 Å². The number of para-hydroxylation sites is 1. The van der Waals surface area contributed by atoms with Crippen molar-refractivity contribution in [2.45, 2.75) is 12.5 Å². The first-order valence-electron chi connectivity index (χ1n) is 10.8. The largest absolute Gasteiger partial charge is 0.507 e. The van der Waals surface area contributed by atoms with Crippen LogP contribution in [0.1, 0.15) is 29.2 Å². The van der Waals surface area contributed by atoms with Crippen LogP contribution in [-0.2, 0) is 0 Å². The minimum absolute atomic E-state index is 0.124. The molecule has 0 radical (unpaired) electrons. The summed E-state index contributed by atoms with van der Waals surface area (Å²) >= 11 is 6.05. The van der Waals surface area contributed by atoms with Crippen molar-refractivity contribution in [3.05, 3.63) is 125 Å². The summed E-state index contributed by atoms with van der Waals surface area (Å²) in [6, 6.07) is 33.7. The summed E-state index contributed by atoms with van der Waals surface area (Å²) < 4.78 is 0. The van der Waals surface area contributed by atoms with Gasteiger partial charge in [0.1, 0.15) is 5.75 Å². The lowest BCUT2D eigenvalue weighted by molar-refractivity contribution is 0.474. The lowest BCUT2D eigenvalue weighted by atomic mass is 9.98. The van der Waals surface area contributed by atoms with E-state index in [1.54, 1.807) is 24.4 Å². The van der Waals surface area contributed by atoms with Crippen LogP contribution in [0.25, 0.3) is 0 Å². The first kappa shape index (κ1) is 21.0. The Balaban J connectivity index is 1.46. The lowest BCUT2D eigenvalue weighted by Crippen LogP contribution is -2.18. The number of phenolic OH excluding ortho intramolecular Hbond substituents is 1. The van der Waals surface area contributed by atoms with Gasteiger partial charge >= 0.3 is 0 Å². The summed E-state index contributed by atoms with van der Waals surface area (Å²) in [6.45, 7) is 0. The molecule has 4 aromatic rings. The average molecular weight is 452 g/mol. The van der Waals surface area contributed by atoms with Gasteiger partial charge < -0.3 is 5.11 Å². The Labute approximate surface area is 198 Å². The molecule has 0 fully saturated rings. The molecule has 162 valence electrons. The number of hydrogen-bond donors (Lipinski definition) is 1. The van der Waals surface area contributed by atoms with E-state index >= 15 is 0 Å². The van der Waals surface area contributed by atoms with E-state index in [4.69, 9.17) is 16.7 Å². The molecule has 5 heteroatoms. The molecule has 0 spiro atoms. The van der Waals surface area contributed by atoms with Crippen LogP contribution < -0.4 is 5.01 Å². The van der Waals surface area contributed by atoms with E-state index in [9.17, 15) is 5.11 Å². The molecule has 0 aromatic heterocycles. The Hall–Kier alpha value is -3.89. The predicted octanol–water partition coefficient (Wildman–Crippen LogP) is 7.15. The van der Waals surface area contributed by atoms with Gasteiger partial charge in [-0.1, -0.05) is 72.3 Å². The van der Waals surface area contributed by atoms with E-state index in [1.165, 1.54) is 5.56 Å². The van der Waals surface area contributed by atoms with Crippen molar-refractivity contribution in [2.24, 2.45) is 10.1 Å². The molecule has 1 N–H and O–H groups in total. The first-order valence-corrected chi connectivity index (χ1v) is 11.1. The summed E-state index contributed by atoms with van der Waals surface area (Å²) in [5.74, 6) is 0.142. The number of hydrazone groups is 1. The van der Waals surface area contributed by atoms with Crippen LogP contribution in [0.4, 0.5) is 11.4 Å². The third-order valence-corrected chi connectivity index (χ3v) is 5.87. The van der Waals surface area contributed by atoms with Crippen molar-refractivity contribution in [3.63, 3.8) is 0 Å². The molecule has 0 saturated carbocycles. The third kappa shape index (κ3) is 4.66. The zero-order valence-electron chi connectivity index (χ0n) is 17.8. The number of anilines is 1. The Kier molecular flexibility index (Phi) is 5.92. The third-order valence-electron chi connectivity index (χ3n) is 5.64. The average Bonchev–Trinajstić information content (AvgIpc) is 3.32. The maximum atomic E-state index is 10.0. The second-order valence-corrected chi connectivity index (χ2v) is 8.31. The van der Waals surface area contributed by atoms with Gasteiger partial charge in [-0.15, -0.1) is 0 Å². The molecule has 1 aliphatic heterocycles. The molecule has 4 nitrogen and oxygen atoms in total. The van der Waals surface area contributed by atoms with Crippen molar-refractivity contribution in [3.8, 4) is 5.75 Å². The highest BCUT2D eigenvalue weighted by atomic mass is 35.5. The molecule has 0 amide bonds. The Morgan fingerprint density at radius 3 is 2.42 bits per heavy atom. The Morgan fingerprint density at radius 1 is 0.879 bits per heavy atom. The van der Waals surface area contributed by atoms with Gasteiger partial charge in [-0.3, -0.25) is 10.0 Å². The van der Waals surface area contributed by atoms with Crippen molar-refractivity contribution in [2.75, 3.05) is 5.01 Å². The zero-order valence-corrected chi connectivity index (χ0v) is 18.6. The van der Waals surface area contributed by atoms with Gasteiger partial charge in [0.05, 0.1) is 23.1 Å². The van der Waals surface area contributed by atoms with Crippen molar-refractivity contribution in [1.29, 1.82) is 0 Å². The Bertz CT molecular complexity index is 1320. The standard InChI is InChI=1S/C28H22ClN3O/c29-23-14-15-28(33)22(16-23)19-30-24-11-7-10-21(17-24)26-18-27(20-8-3-1-4-9-20)32(31-26)25-12-5-2-6-13-25/h1-17,19,27,33H,18H2. The van der Waals surface area contributed by atoms with Crippen molar-refractivity contribution < 1.29 is 5.11 Å². The van der Waals surface area contributed by atoms with Crippen LogP contribution in [0, 0.1) is 0 Å². The van der Waals surface area contributed by atoms with Crippen LogP contribution in [0.3, 0.4) is 0 Å². The topological polar surface area (TPSA) is 48.2 Å². The SMILES string of the molecule is Oc1ccc(Cl)cc1C=Nc1cccc(C2=NN(c3ccccc3)C(c3ccccc3)C2)c1. The molecule has 33 heavy (non-hydrogen) atoms. The zero-order chi connectivity index (χ0) is 22.6. The number of rotatable bonds is 5. The van der Waals surface area contributed by atoms with E-state index in [2.05, 4.69) is 52.5 Å². The van der Waals surface area contributed by atoms with Gasteiger partial charge in [-0.25, -0.2) is 0 Å². The van der Waals surface area contributed by atoms with E-state index in [1.807, 2.05) is 42.5 Å². The van der Waals surface area contributed by atoms with Crippen LogP contribution in [-0.4, -0.2) is 17.0 Å². The number of aliphatic imine (C=N–C) groups is 1. The van der Waals surface area contributed by atoms with Crippen LogP contribution in [0.2, 0.25) is 5.02 Å². The molecule has 0 bridgehead atoms. The van der Waals surface area contributed by atoms with Crippen molar-refractivity contribution >= 4 is 34.9 Å². The fraction of sp³-hybridized carbons (Fsp3) is 0.0714. The second kappa shape index (κ2) is 9.31. The molecule has 5 rings (SSSR count). The monoisotopic (exact) mass is 451 g/mol. The quantitative estimate of drug-likeness (QED) is 0.327. The van der Waals surface area contributed by atoms with E-state index < -0.39 is 0 Å². The summed E-state index contributed by atoms with van der Waals surface area (Å²) in [6.07, 6.45) is 2.42. The number of phenols is 1. The minimum atomic E-state index is 0.124.